The van der Waals surface area contributed by atoms with Crippen molar-refractivity contribution >= 4 is 33.0 Å². The Balaban J connectivity index is 1.63. The number of aliphatic hydroxyl groups excluding tert-OH is 2. The Morgan fingerprint density at radius 1 is 1.31 bits per heavy atom. The summed E-state index contributed by atoms with van der Waals surface area (Å²) in [4.78, 5) is 27.3. The minimum absolute atomic E-state index is 0.0306. The minimum atomic E-state index is -3.84. The van der Waals surface area contributed by atoms with Crippen molar-refractivity contribution < 1.29 is 33.4 Å². The molecule has 1 saturated carbocycles. The second kappa shape index (κ2) is 9.22. The zero-order valence-electron chi connectivity index (χ0n) is 17.6. The first-order valence-electron chi connectivity index (χ1n) is 9.90. The van der Waals surface area contributed by atoms with Crippen LogP contribution in [0.2, 0.25) is 0 Å². The summed E-state index contributed by atoms with van der Waals surface area (Å²) in [7, 11) is -3.84. The van der Waals surface area contributed by atoms with Crippen molar-refractivity contribution in [3.63, 3.8) is 0 Å². The molecule has 172 valence electrons. The first kappa shape index (κ1) is 24.2. The highest BCUT2D eigenvalue weighted by atomic mass is 32.2. The van der Waals surface area contributed by atoms with E-state index < -0.39 is 32.7 Å². The number of carbonyl (C=O) groups excluding carboxylic acids is 2. The number of hydroxylamine groups is 1. The molecule has 0 unspecified atom stereocenters. The van der Waals surface area contributed by atoms with Gasteiger partial charge in [0.1, 0.15) is 0 Å². The van der Waals surface area contributed by atoms with E-state index >= 15 is 0 Å². The van der Waals surface area contributed by atoms with Gasteiger partial charge in [-0.3, -0.25) is 14.8 Å². The van der Waals surface area contributed by atoms with Crippen molar-refractivity contribution in [1.82, 2.24) is 10.4 Å². The molecule has 1 aliphatic heterocycles. The van der Waals surface area contributed by atoms with Crippen LogP contribution in [0.25, 0.3) is 0 Å². The minimum Gasteiger partial charge on any atom is -0.390 e. The van der Waals surface area contributed by atoms with Gasteiger partial charge >= 0.3 is 0 Å². The van der Waals surface area contributed by atoms with Gasteiger partial charge < -0.3 is 15.1 Å². The maximum Gasteiger partial charge on any atom is 0.264 e. The Hall–Kier alpha value is -2.41. The van der Waals surface area contributed by atoms with Gasteiger partial charge in [-0.15, -0.1) is 11.3 Å². The van der Waals surface area contributed by atoms with Crippen LogP contribution in [0.3, 0.4) is 0 Å². The third kappa shape index (κ3) is 4.82. The summed E-state index contributed by atoms with van der Waals surface area (Å²) in [5.41, 5.74) is 2.16. The van der Waals surface area contributed by atoms with Gasteiger partial charge in [-0.2, -0.15) is 0 Å². The number of amides is 2. The number of hydrogen-bond acceptors (Lipinski definition) is 8. The lowest BCUT2D eigenvalue weighted by atomic mass is 10.1. The maximum absolute atomic E-state index is 12.7. The van der Waals surface area contributed by atoms with Crippen molar-refractivity contribution in [2.45, 2.75) is 49.7 Å². The molecule has 0 saturated heterocycles. The Bertz CT molecular complexity index is 1140. The zero-order chi connectivity index (χ0) is 23.7. The van der Waals surface area contributed by atoms with Gasteiger partial charge in [-0.05, 0) is 55.6 Å². The van der Waals surface area contributed by atoms with Crippen LogP contribution in [-0.2, 0) is 21.2 Å². The van der Waals surface area contributed by atoms with E-state index in [0.717, 1.165) is 11.8 Å². The number of sulfone groups is 1. The number of aliphatic hydroxyl groups is 2. The van der Waals surface area contributed by atoms with Crippen LogP contribution >= 0.6 is 11.3 Å². The van der Waals surface area contributed by atoms with Crippen LogP contribution in [0.4, 0.5) is 0 Å². The van der Waals surface area contributed by atoms with E-state index in [1.165, 1.54) is 28.6 Å². The van der Waals surface area contributed by atoms with Gasteiger partial charge in [0.05, 0.1) is 22.0 Å². The standard InChI is InChI=1S/C21H24N2O7S2/c1-21(20(27)22-28,32(2,29)30)7-8-23-12-14-11-15(31-18(14)19(23)26)6-4-3-5-13-9-16(24)17(25)10-13/h11,13,16-17,24-25,28H,7-10,12H2,1-2H3,(H,22,27)/t13-,16-,17+,21-/m1/s1. The van der Waals surface area contributed by atoms with Crippen molar-refractivity contribution in [2.75, 3.05) is 12.8 Å². The van der Waals surface area contributed by atoms with E-state index in [9.17, 15) is 28.2 Å². The van der Waals surface area contributed by atoms with Crippen molar-refractivity contribution in [3.05, 3.63) is 21.4 Å². The fourth-order valence-corrected chi connectivity index (χ4v) is 5.51. The van der Waals surface area contributed by atoms with Gasteiger partial charge in [0.15, 0.2) is 14.6 Å². The number of nitrogens with zero attached hydrogens (tertiary/aromatic N) is 1. The lowest BCUT2D eigenvalue weighted by Gasteiger charge is -2.27. The molecule has 1 aromatic heterocycles. The Morgan fingerprint density at radius 2 is 1.97 bits per heavy atom. The van der Waals surface area contributed by atoms with Gasteiger partial charge in [0, 0.05) is 25.3 Å². The van der Waals surface area contributed by atoms with Crippen LogP contribution in [0.15, 0.2) is 6.07 Å². The summed E-state index contributed by atoms with van der Waals surface area (Å²) in [6.45, 7) is 1.52. The summed E-state index contributed by atoms with van der Waals surface area (Å²) in [6.07, 6.45) is 0.105. The molecule has 4 atom stereocenters. The number of thiophene rings is 1. The number of carbonyl (C=O) groups is 2. The van der Waals surface area contributed by atoms with E-state index in [4.69, 9.17) is 5.21 Å². The smallest absolute Gasteiger partial charge is 0.264 e. The predicted octanol–water partition coefficient (Wildman–Crippen LogP) is -0.111. The normalized spacial score (nSPS) is 24.1. The average molecular weight is 481 g/mol. The van der Waals surface area contributed by atoms with Crippen molar-refractivity contribution in [3.8, 4) is 23.7 Å². The van der Waals surface area contributed by atoms with Crippen molar-refractivity contribution in [2.24, 2.45) is 5.92 Å². The molecule has 11 heteroatoms. The molecular weight excluding hydrogens is 456 g/mol. The van der Waals surface area contributed by atoms with Gasteiger partial charge in [0.25, 0.3) is 11.8 Å². The third-order valence-electron chi connectivity index (χ3n) is 5.93. The molecule has 4 N–H and O–H groups in total. The lowest BCUT2D eigenvalue weighted by molar-refractivity contribution is -0.131. The van der Waals surface area contributed by atoms with E-state index in [2.05, 4.69) is 23.7 Å². The largest absolute Gasteiger partial charge is 0.390 e. The highest BCUT2D eigenvalue weighted by Crippen LogP contribution is 2.32. The predicted molar refractivity (Wildman–Crippen MR) is 116 cm³/mol. The fraction of sp³-hybridized carbons (Fsp3) is 0.524. The summed E-state index contributed by atoms with van der Waals surface area (Å²) < 4.78 is 22.3. The van der Waals surface area contributed by atoms with Gasteiger partial charge in [0.2, 0.25) is 0 Å². The van der Waals surface area contributed by atoms with E-state index in [-0.39, 0.29) is 31.3 Å². The molecule has 0 radical (unpaired) electrons. The molecule has 1 aliphatic carbocycles. The molecule has 2 amide bonds. The van der Waals surface area contributed by atoms with E-state index in [1.54, 1.807) is 6.07 Å². The summed E-state index contributed by atoms with van der Waals surface area (Å²) in [5.74, 6) is 9.88. The van der Waals surface area contributed by atoms with Gasteiger partial charge in [-0.1, -0.05) is 5.92 Å². The molecule has 2 heterocycles. The van der Waals surface area contributed by atoms with Crippen LogP contribution in [0.1, 0.15) is 46.3 Å². The van der Waals surface area contributed by atoms with E-state index in [0.29, 0.717) is 22.6 Å². The fourth-order valence-electron chi connectivity index (χ4n) is 3.67. The Morgan fingerprint density at radius 3 is 2.53 bits per heavy atom. The monoisotopic (exact) mass is 480 g/mol. The highest BCUT2D eigenvalue weighted by Gasteiger charge is 2.44. The molecule has 0 spiro atoms. The van der Waals surface area contributed by atoms with Crippen LogP contribution in [0, 0.1) is 29.6 Å². The second-order valence-electron chi connectivity index (χ2n) is 8.21. The number of fused-ring (bicyclic) bond motifs is 1. The molecule has 32 heavy (non-hydrogen) atoms. The molecule has 0 aromatic carbocycles. The summed E-state index contributed by atoms with van der Waals surface area (Å²) in [6, 6.07) is 1.78. The highest BCUT2D eigenvalue weighted by molar-refractivity contribution is 7.92. The first-order chi connectivity index (χ1) is 15.0. The number of hydrogen-bond donors (Lipinski definition) is 4. The van der Waals surface area contributed by atoms with Gasteiger partial charge in [-0.25, -0.2) is 13.9 Å². The Kier molecular flexibility index (Phi) is 6.98. The van der Waals surface area contributed by atoms with Crippen LogP contribution in [0.5, 0.6) is 0 Å². The molecular formula is C21H24N2O7S2. The van der Waals surface area contributed by atoms with Crippen molar-refractivity contribution in [1.29, 1.82) is 0 Å². The van der Waals surface area contributed by atoms with Crippen LogP contribution < -0.4 is 5.48 Å². The summed E-state index contributed by atoms with van der Waals surface area (Å²) >= 11 is 1.22. The maximum atomic E-state index is 12.7. The summed E-state index contributed by atoms with van der Waals surface area (Å²) in [5, 5.41) is 28.0. The first-order valence-corrected chi connectivity index (χ1v) is 12.6. The average Bonchev–Trinajstić information content (AvgIpc) is 3.36. The SMILES string of the molecule is C[C@@](CCN1Cc2cc(C#CC#C[C@@H]3C[C@@H](O)[C@@H](O)C3)sc2C1=O)(C(=O)NO)S(C)(=O)=O. The van der Waals surface area contributed by atoms with Crippen LogP contribution in [-0.4, -0.2) is 70.3 Å². The van der Waals surface area contributed by atoms with E-state index in [1.807, 2.05) is 0 Å². The molecule has 1 fully saturated rings. The molecule has 2 aliphatic rings. The molecule has 1 aromatic rings. The third-order valence-corrected chi connectivity index (χ3v) is 9.04. The lowest BCUT2D eigenvalue weighted by Crippen LogP contribution is -2.50. The molecule has 3 rings (SSSR count). The Labute approximate surface area is 190 Å². The second-order valence-corrected chi connectivity index (χ2v) is 11.7. The molecule has 0 bridgehead atoms. The number of rotatable bonds is 5. The molecule has 9 nitrogen and oxygen atoms in total. The topological polar surface area (TPSA) is 144 Å². The zero-order valence-corrected chi connectivity index (χ0v) is 19.2. The quantitative estimate of drug-likeness (QED) is 0.261. The number of nitrogens with one attached hydrogen (secondary N) is 1.